The van der Waals surface area contributed by atoms with Crippen LogP contribution in [0, 0.1) is 11.8 Å². The maximum atomic E-state index is 10.9. The van der Waals surface area contributed by atoms with E-state index in [1.807, 2.05) is 0 Å². The Labute approximate surface area is 92.1 Å². The first kappa shape index (κ1) is 11.6. The van der Waals surface area contributed by atoms with Crippen molar-refractivity contribution in [3.8, 4) is 11.8 Å². The number of benzene rings is 1. The first-order valence-corrected chi connectivity index (χ1v) is 4.41. The number of rotatable bonds is 2. The zero-order chi connectivity index (χ0) is 12.1. The molecule has 1 rings (SSSR count). The highest BCUT2D eigenvalue weighted by molar-refractivity contribution is 5.96. The molecule has 0 bridgehead atoms. The van der Waals surface area contributed by atoms with Crippen molar-refractivity contribution >= 4 is 17.6 Å². The fourth-order valence-corrected chi connectivity index (χ4v) is 1.14. The van der Waals surface area contributed by atoms with Gasteiger partial charge in [-0.15, -0.1) is 0 Å². The summed E-state index contributed by atoms with van der Waals surface area (Å²) in [7, 11) is 0. The monoisotopic (exact) mass is 218 g/mol. The van der Waals surface area contributed by atoms with Crippen molar-refractivity contribution in [3.63, 3.8) is 0 Å². The predicted octanol–water partition coefficient (Wildman–Crippen LogP) is 0.194. The Morgan fingerprint density at radius 3 is 2.62 bits per heavy atom. The van der Waals surface area contributed by atoms with Crippen molar-refractivity contribution < 1.29 is 14.7 Å². The number of hydrogen-bond acceptors (Lipinski definition) is 3. The van der Waals surface area contributed by atoms with Crippen molar-refractivity contribution in [1.82, 2.24) is 0 Å². The van der Waals surface area contributed by atoms with Gasteiger partial charge >= 0.3 is 5.97 Å². The highest BCUT2D eigenvalue weighted by atomic mass is 16.4. The number of nitrogen functional groups attached to an aromatic ring is 1. The summed E-state index contributed by atoms with van der Waals surface area (Å²) in [4.78, 5) is 21.4. The first-order chi connectivity index (χ1) is 7.52. The number of carbonyl (C=O) groups excluding carboxylic acids is 1. The van der Waals surface area contributed by atoms with Gasteiger partial charge in [0.2, 0.25) is 5.91 Å². The van der Waals surface area contributed by atoms with Gasteiger partial charge in [0.05, 0.1) is 12.0 Å². The van der Waals surface area contributed by atoms with Gasteiger partial charge in [-0.1, -0.05) is 17.9 Å². The molecule has 0 radical (unpaired) electrons. The van der Waals surface area contributed by atoms with E-state index in [-0.39, 0.29) is 23.2 Å². The molecule has 0 spiro atoms. The number of amides is 1. The normalized spacial score (nSPS) is 9.00. The van der Waals surface area contributed by atoms with E-state index in [2.05, 4.69) is 11.8 Å². The third-order valence-corrected chi connectivity index (χ3v) is 1.80. The lowest BCUT2D eigenvalue weighted by Gasteiger charge is -2.02. The van der Waals surface area contributed by atoms with E-state index in [9.17, 15) is 9.59 Å². The average Bonchev–Trinajstić information content (AvgIpc) is 2.16. The number of primary amides is 1. The van der Waals surface area contributed by atoms with Crippen molar-refractivity contribution in [2.75, 3.05) is 5.73 Å². The molecule has 5 N–H and O–H groups in total. The van der Waals surface area contributed by atoms with Crippen LogP contribution in [0.5, 0.6) is 0 Å². The fraction of sp³-hybridized carbons (Fsp3) is 0.0909. The lowest BCUT2D eigenvalue weighted by Crippen LogP contribution is -2.08. The van der Waals surface area contributed by atoms with Crippen molar-refractivity contribution in [2.24, 2.45) is 5.73 Å². The number of carbonyl (C=O) groups is 2. The molecule has 0 aliphatic rings. The molecular formula is C11H10N2O3. The molecular weight excluding hydrogens is 208 g/mol. The zero-order valence-corrected chi connectivity index (χ0v) is 8.36. The highest BCUT2D eigenvalue weighted by Crippen LogP contribution is 2.15. The third-order valence-electron chi connectivity index (χ3n) is 1.80. The second-order valence-corrected chi connectivity index (χ2v) is 3.02. The lowest BCUT2D eigenvalue weighted by atomic mass is 10.1. The van der Waals surface area contributed by atoms with E-state index in [1.165, 1.54) is 12.1 Å². The number of anilines is 1. The number of aromatic carboxylic acids is 1. The van der Waals surface area contributed by atoms with Gasteiger partial charge in [0.1, 0.15) is 0 Å². The molecule has 0 saturated carbocycles. The molecule has 1 aromatic carbocycles. The van der Waals surface area contributed by atoms with Crippen LogP contribution in [0.1, 0.15) is 22.3 Å². The minimum Gasteiger partial charge on any atom is -0.478 e. The van der Waals surface area contributed by atoms with Gasteiger partial charge in [-0.25, -0.2) is 4.79 Å². The van der Waals surface area contributed by atoms with Gasteiger partial charge in [-0.05, 0) is 12.1 Å². The molecule has 5 heteroatoms. The van der Waals surface area contributed by atoms with Crippen LogP contribution in [-0.2, 0) is 4.79 Å². The van der Waals surface area contributed by atoms with Crippen LogP contribution in [0.3, 0.4) is 0 Å². The third kappa shape index (κ3) is 2.75. The Hall–Kier alpha value is -2.48. The van der Waals surface area contributed by atoms with Crippen molar-refractivity contribution in [3.05, 3.63) is 29.3 Å². The summed E-state index contributed by atoms with van der Waals surface area (Å²) in [5.41, 5.74) is 10.8. The Kier molecular flexibility index (Phi) is 3.51. The zero-order valence-electron chi connectivity index (χ0n) is 8.36. The summed E-state index contributed by atoms with van der Waals surface area (Å²) in [6, 6.07) is 4.59. The number of carboxylic acid groups (broad SMARTS) is 1. The van der Waals surface area contributed by atoms with Crippen LogP contribution >= 0.6 is 0 Å². The molecule has 0 unspecified atom stereocenters. The van der Waals surface area contributed by atoms with Crippen LogP contribution in [0.2, 0.25) is 0 Å². The molecule has 0 saturated heterocycles. The van der Waals surface area contributed by atoms with Gasteiger partial charge < -0.3 is 16.6 Å². The molecule has 0 fully saturated rings. The van der Waals surface area contributed by atoms with Crippen LogP contribution in [-0.4, -0.2) is 17.0 Å². The standard InChI is InChI=1S/C11H10N2O3/c12-8-5-1-3-7(10(8)11(15)16)4-2-6-9(13)14/h1,3,5H,6,12H2,(H2,13,14)(H,15,16). The van der Waals surface area contributed by atoms with Gasteiger partial charge in [-0.2, -0.15) is 0 Å². The number of carboxylic acids is 1. The maximum Gasteiger partial charge on any atom is 0.339 e. The van der Waals surface area contributed by atoms with E-state index in [1.54, 1.807) is 6.07 Å². The number of hydrogen-bond donors (Lipinski definition) is 3. The number of nitrogens with two attached hydrogens (primary N) is 2. The summed E-state index contributed by atoms with van der Waals surface area (Å²) in [5.74, 6) is 3.32. The SMILES string of the molecule is NC(=O)CC#Cc1cccc(N)c1C(=O)O. The predicted molar refractivity (Wildman–Crippen MR) is 58.5 cm³/mol. The minimum absolute atomic E-state index is 0.0560. The van der Waals surface area contributed by atoms with Crippen LogP contribution in [0.4, 0.5) is 5.69 Å². The smallest absolute Gasteiger partial charge is 0.339 e. The minimum atomic E-state index is -1.15. The lowest BCUT2D eigenvalue weighted by molar-refractivity contribution is -0.117. The Morgan fingerprint density at radius 2 is 2.06 bits per heavy atom. The largest absolute Gasteiger partial charge is 0.478 e. The van der Waals surface area contributed by atoms with E-state index >= 15 is 0 Å². The van der Waals surface area contributed by atoms with Crippen LogP contribution in [0.15, 0.2) is 18.2 Å². The molecule has 0 aliphatic carbocycles. The molecule has 5 nitrogen and oxygen atoms in total. The van der Waals surface area contributed by atoms with Crippen LogP contribution in [0.25, 0.3) is 0 Å². The fourth-order valence-electron chi connectivity index (χ4n) is 1.14. The first-order valence-electron chi connectivity index (χ1n) is 4.41. The molecule has 0 aliphatic heterocycles. The summed E-state index contributed by atoms with van der Waals surface area (Å²) in [5, 5.41) is 8.92. The second-order valence-electron chi connectivity index (χ2n) is 3.02. The Bertz CT molecular complexity index is 498. The van der Waals surface area contributed by atoms with E-state index in [4.69, 9.17) is 16.6 Å². The maximum absolute atomic E-state index is 10.9. The van der Waals surface area contributed by atoms with Gasteiger partial charge in [0.15, 0.2) is 0 Å². The molecule has 16 heavy (non-hydrogen) atoms. The summed E-state index contributed by atoms with van der Waals surface area (Å²) in [6.45, 7) is 0. The van der Waals surface area contributed by atoms with Gasteiger partial charge in [0, 0.05) is 11.3 Å². The van der Waals surface area contributed by atoms with E-state index in [0.717, 1.165) is 0 Å². The van der Waals surface area contributed by atoms with Crippen molar-refractivity contribution in [2.45, 2.75) is 6.42 Å². The Balaban J connectivity index is 3.12. The Morgan fingerprint density at radius 1 is 1.38 bits per heavy atom. The summed E-state index contributed by atoms with van der Waals surface area (Å²) in [6.07, 6.45) is -0.117. The van der Waals surface area contributed by atoms with Crippen molar-refractivity contribution in [1.29, 1.82) is 0 Å². The molecule has 0 atom stereocenters. The quantitative estimate of drug-likeness (QED) is 0.486. The topological polar surface area (TPSA) is 106 Å². The second kappa shape index (κ2) is 4.84. The molecule has 0 aromatic heterocycles. The van der Waals surface area contributed by atoms with Crippen LogP contribution < -0.4 is 11.5 Å². The highest BCUT2D eigenvalue weighted by Gasteiger charge is 2.11. The van der Waals surface area contributed by atoms with Gasteiger partial charge in [0.25, 0.3) is 0 Å². The molecule has 1 aromatic rings. The van der Waals surface area contributed by atoms with Gasteiger partial charge in [-0.3, -0.25) is 4.79 Å². The summed E-state index contributed by atoms with van der Waals surface area (Å²) < 4.78 is 0. The van der Waals surface area contributed by atoms with E-state index in [0.29, 0.717) is 0 Å². The molecule has 82 valence electrons. The molecule has 0 heterocycles. The summed E-state index contributed by atoms with van der Waals surface area (Å²) >= 11 is 0. The average molecular weight is 218 g/mol. The van der Waals surface area contributed by atoms with E-state index < -0.39 is 11.9 Å². The molecule has 1 amide bonds.